The summed E-state index contributed by atoms with van der Waals surface area (Å²) < 4.78 is 30.6. The van der Waals surface area contributed by atoms with Gasteiger partial charge in [0.25, 0.3) is 10.1 Å². The first kappa shape index (κ1) is 21.3. The molecule has 0 saturated heterocycles. The van der Waals surface area contributed by atoms with Crippen molar-refractivity contribution in [1.82, 2.24) is 5.32 Å². The Morgan fingerprint density at radius 3 is 2.25 bits per heavy atom. The minimum absolute atomic E-state index is 0. The van der Waals surface area contributed by atoms with Crippen molar-refractivity contribution in [2.45, 2.75) is 19.8 Å². The summed E-state index contributed by atoms with van der Waals surface area (Å²) in [7, 11) is -0.0670. The molecular formula is C12H26N2O5S. The highest BCUT2D eigenvalue weighted by atomic mass is 32.2. The van der Waals surface area contributed by atoms with E-state index in [1.165, 1.54) is 0 Å². The fraction of sp³-hybridized carbons (Fsp3) is 0.750. The Balaban J connectivity index is 0. The molecule has 120 valence electrons. The van der Waals surface area contributed by atoms with Gasteiger partial charge in [0.2, 0.25) is 5.91 Å². The summed E-state index contributed by atoms with van der Waals surface area (Å²) in [4.78, 5) is 11.2. The maximum absolute atomic E-state index is 11.2. The molecule has 0 unspecified atom stereocenters. The van der Waals surface area contributed by atoms with E-state index >= 15 is 0 Å². The van der Waals surface area contributed by atoms with E-state index in [-0.39, 0.29) is 17.1 Å². The molecule has 7 nitrogen and oxygen atoms in total. The Morgan fingerprint density at radius 2 is 1.80 bits per heavy atom. The van der Waals surface area contributed by atoms with Crippen molar-refractivity contribution in [3.05, 3.63) is 12.2 Å². The molecule has 0 spiro atoms. The number of nitrogens with zero attached hydrogens (tertiary/aromatic N) is 1. The number of quaternary nitrogens is 1. The van der Waals surface area contributed by atoms with E-state index in [0.29, 0.717) is 23.1 Å². The van der Waals surface area contributed by atoms with Gasteiger partial charge in [-0.05, 0) is 19.8 Å². The molecular weight excluding hydrogens is 284 g/mol. The Bertz CT molecular complexity index is 418. The molecule has 3 N–H and O–H groups in total. The van der Waals surface area contributed by atoms with Gasteiger partial charge in [-0.15, -0.1) is 0 Å². The van der Waals surface area contributed by atoms with Gasteiger partial charge in [-0.2, -0.15) is 8.42 Å². The average Bonchev–Trinajstić information content (AvgIpc) is 2.24. The van der Waals surface area contributed by atoms with Crippen LogP contribution in [-0.2, 0) is 14.9 Å². The van der Waals surface area contributed by atoms with Crippen molar-refractivity contribution in [1.29, 1.82) is 0 Å². The zero-order valence-corrected chi connectivity index (χ0v) is 13.2. The summed E-state index contributed by atoms with van der Waals surface area (Å²) in [5.41, 5.74) is 0.490. The molecule has 0 heterocycles. The normalized spacial score (nSPS) is 11.6. The van der Waals surface area contributed by atoms with Crippen molar-refractivity contribution in [2.24, 2.45) is 0 Å². The van der Waals surface area contributed by atoms with Crippen molar-refractivity contribution < 1.29 is 27.7 Å². The molecule has 0 aliphatic carbocycles. The number of carbonyl (C=O) groups excluding carboxylic acids is 1. The van der Waals surface area contributed by atoms with Crippen molar-refractivity contribution in [3.8, 4) is 0 Å². The molecule has 1 amide bonds. The molecule has 0 fully saturated rings. The SMILES string of the molecule is C=C(C)C(=O)NCCCC[N+](C)(C)CCS(=O)(=O)O.[OH-]. The molecule has 0 atom stereocenters. The molecule has 0 rings (SSSR count). The van der Waals surface area contributed by atoms with Crippen molar-refractivity contribution in [3.63, 3.8) is 0 Å². The summed E-state index contributed by atoms with van der Waals surface area (Å²) in [6.45, 7) is 6.95. The number of rotatable bonds is 9. The van der Waals surface area contributed by atoms with Gasteiger partial charge in [-0.25, -0.2) is 0 Å². The highest BCUT2D eigenvalue weighted by molar-refractivity contribution is 7.85. The summed E-state index contributed by atoms with van der Waals surface area (Å²) in [5, 5.41) is 2.74. The van der Waals surface area contributed by atoms with Crippen molar-refractivity contribution >= 4 is 16.0 Å². The van der Waals surface area contributed by atoms with E-state index in [4.69, 9.17) is 4.55 Å². The third-order valence-electron chi connectivity index (χ3n) is 2.82. The smallest absolute Gasteiger partial charge is 0.270 e. The minimum Gasteiger partial charge on any atom is -0.870 e. The van der Waals surface area contributed by atoms with Crippen LogP contribution in [0.1, 0.15) is 19.8 Å². The quantitative estimate of drug-likeness (QED) is 0.274. The van der Waals surface area contributed by atoms with Gasteiger partial charge in [-0.3, -0.25) is 9.35 Å². The third-order valence-corrected chi connectivity index (χ3v) is 3.52. The van der Waals surface area contributed by atoms with Crippen LogP contribution in [0.15, 0.2) is 12.2 Å². The van der Waals surface area contributed by atoms with Gasteiger partial charge in [0.05, 0.1) is 27.2 Å². The second-order valence-corrected chi connectivity index (χ2v) is 6.98. The highest BCUT2D eigenvalue weighted by Gasteiger charge is 2.18. The maximum atomic E-state index is 11.2. The fourth-order valence-corrected chi connectivity index (χ4v) is 2.22. The predicted octanol–water partition coefficient (Wildman–Crippen LogP) is 0.246. The van der Waals surface area contributed by atoms with E-state index in [0.717, 1.165) is 19.4 Å². The first-order chi connectivity index (χ1) is 8.53. The Kier molecular flexibility index (Phi) is 9.67. The second-order valence-electron chi connectivity index (χ2n) is 5.41. The van der Waals surface area contributed by atoms with E-state index in [9.17, 15) is 13.2 Å². The van der Waals surface area contributed by atoms with Gasteiger partial charge in [-0.1, -0.05) is 6.58 Å². The van der Waals surface area contributed by atoms with Crippen LogP contribution in [0.3, 0.4) is 0 Å². The summed E-state index contributed by atoms with van der Waals surface area (Å²) in [6, 6.07) is 0. The van der Waals surface area contributed by atoms with Crippen LogP contribution in [0.4, 0.5) is 0 Å². The average molecular weight is 310 g/mol. The first-order valence-electron chi connectivity index (χ1n) is 6.24. The van der Waals surface area contributed by atoms with Crippen LogP contribution in [-0.4, -0.2) is 68.3 Å². The lowest BCUT2D eigenvalue weighted by Gasteiger charge is -2.29. The van der Waals surface area contributed by atoms with Crippen molar-refractivity contribution in [2.75, 3.05) is 39.5 Å². The number of unbranched alkanes of at least 4 members (excludes halogenated alkanes) is 1. The number of hydrogen-bond donors (Lipinski definition) is 2. The van der Waals surface area contributed by atoms with E-state index < -0.39 is 10.1 Å². The number of carbonyl (C=O) groups is 1. The lowest BCUT2D eigenvalue weighted by atomic mass is 10.2. The highest BCUT2D eigenvalue weighted by Crippen LogP contribution is 2.02. The maximum Gasteiger partial charge on any atom is 0.270 e. The van der Waals surface area contributed by atoms with Crippen LogP contribution in [0.5, 0.6) is 0 Å². The molecule has 0 aliphatic heterocycles. The standard InChI is InChI=1S/C12H24N2O4S.H2O/c1-11(2)12(15)13-7-5-6-8-14(3,4)9-10-19(16,17)18;/h1,5-10H2,2-4H3,(H-,13,15,16,17,18);1H2. The van der Waals surface area contributed by atoms with Gasteiger partial charge < -0.3 is 15.3 Å². The van der Waals surface area contributed by atoms with Crippen LogP contribution >= 0.6 is 0 Å². The Hall–Kier alpha value is -0.960. The van der Waals surface area contributed by atoms with Crippen LogP contribution in [0.25, 0.3) is 0 Å². The van der Waals surface area contributed by atoms with Gasteiger partial charge in [0, 0.05) is 12.1 Å². The second kappa shape index (κ2) is 9.06. The van der Waals surface area contributed by atoms with E-state index in [2.05, 4.69) is 11.9 Å². The van der Waals surface area contributed by atoms with Crippen LogP contribution in [0, 0.1) is 0 Å². The Labute approximate surface area is 121 Å². The summed E-state index contributed by atoms with van der Waals surface area (Å²) >= 11 is 0. The van der Waals surface area contributed by atoms with E-state index in [1.54, 1.807) is 6.92 Å². The van der Waals surface area contributed by atoms with E-state index in [1.807, 2.05) is 14.1 Å². The predicted molar refractivity (Wildman–Crippen MR) is 77.3 cm³/mol. The zero-order valence-electron chi connectivity index (χ0n) is 12.4. The monoisotopic (exact) mass is 310 g/mol. The van der Waals surface area contributed by atoms with Gasteiger partial charge in [0.15, 0.2) is 0 Å². The largest absolute Gasteiger partial charge is 0.870 e. The molecule has 0 aromatic rings. The van der Waals surface area contributed by atoms with Gasteiger partial charge in [0.1, 0.15) is 5.75 Å². The minimum atomic E-state index is -3.90. The first-order valence-corrected chi connectivity index (χ1v) is 7.85. The topological polar surface area (TPSA) is 113 Å². The molecule has 0 aliphatic rings. The summed E-state index contributed by atoms with van der Waals surface area (Å²) in [6.07, 6.45) is 1.70. The molecule has 0 saturated carbocycles. The molecule has 0 aromatic heterocycles. The molecule has 20 heavy (non-hydrogen) atoms. The number of hydrogen-bond acceptors (Lipinski definition) is 4. The molecule has 0 radical (unpaired) electrons. The lowest BCUT2D eigenvalue weighted by Crippen LogP contribution is -2.44. The molecule has 0 bridgehead atoms. The lowest BCUT2D eigenvalue weighted by molar-refractivity contribution is -0.888. The summed E-state index contributed by atoms with van der Waals surface area (Å²) in [5.74, 6) is -0.369. The van der Waals surface area contributed by atoms with Gasteiger partial charge >= 0.3 is 0 Å². The molecule has 0 aromatic carbocycles. The van der Waals surface area contributed by atoms with Crippen LogP contribution < -0.4 is 5.32 Å². The molecule has 8 heteroatoms. The fourth-order valence-electron chi connectivity index (χ4n) is 1.49. The Morgan fingerprint density at radius 1 is 1.25 bits per heavy atom. The number of nitrogens with one attached hydrogen (secondary N) is 1. The third kappa shape index (κ3) is 12.1. The number of amides is 1. The van der Waals surface area contributed by atoms with Crippen LogP contribution in [0.2, 0.25) is 0 Å². The zero-order chi connectivity index (χ0) is 15.1.